The lowest BCUT2D eigenvalue weighted by atomic mass is 10.3. The molecule has 0 radical (unpaired) electrons. The van der Waals surface area contributed by atoms with Crippen molar-refractivity contribution in [2.75, 3.05) is 23.4 Å². The minimum atomic E-state index is 0.756. The monoisotopic (exact) mass is 386 g/mol. The Balaban J connectivity index is 2.26. The molecule has 19 heavy (non-hydrogen) atoms. The van der Waals surface area contributed by atoms with Gasteiger partial charge in [0.1, 0.15) is 11.6 Å². The number of nitrogens with zero attached hydrogens (tertiary/aromatic N) is 2. The largest absolute Gasteiger partial charge is 0.370 e. The van der Waals surface area contributed by atoms with Crippen LogP contribution in [0.4, 0.5) is 17.3 Å². The van der Waals surface area contributed by atoms with Crippen molar-refractivity contribution in [1.82, 2.24) is 9.97 Å². The van der Waals surface area contributed by atoms with E-state index in [-0.39, 0.29) is 0 Å². The van der Waals surface area contributed by atoms with Gasteiger partial charge in [0.15, 0.2) is 5.16 Å². The molecule has 0 aliphatic heterocycles. The van der Waals surface area contributed by atoms with E-state index in [1.54, 1.807) is 0 Å². The van der Waals surface area contributed by atoms with Crippen molar-refractivity contribution in [3.8, 4) is 0 Å². The molecule has 2 aromatic rings. The van der Waals surface area contributed by atoms with Crippen LogP contribution in [0.25, 0.3) is 0 Å². The van der Waals surface area contributed by atoms with E-state index in [0.717, 1.165) is 29.0 Å². The first kappa shape index (κ1) is 14.4. The van der Waals surface area contributed by atoms with E-state index in [1.165, 1.54) is 15.3 Å². The third kappa shape index (κ3) is 4.24. The Labute approximate surface area is 131 Å². The van der Waals surface area contributed by atoms with E-state index in [2.05, 4.69) is 55.3 Å². The van der Waals surface area contributed by atoms with Gasteiger partial charge in [-0.25, -0.2) is 9.97 Å². The van der Waals surface area contributed by atoms with E-state index in [1.807, 2.05) is 31.4 Å². The summed E-state index contributed by atoms with van der Waals surface area (Å²) in [5.74, 6) is 1.65. The number of aromatic nitrogens is 2. The van der Waals surface area contributed by atoms with Crippen LogP contribution in [-0.2, 0) is 0 Å². The fourth-order valence-corrected chi connectivity index (χ4v) is 2.49. The van der Waals surface area contributed by atoms with Gasteiger partial charge >= 0.3 is 0 Å². The SMILES string of the molecule is CCNc1cc(Nc2cccc(I)c2)nc(SC)n1. The lowest BCUT2D eigenvalue weighted by molar-refractivity contribution is 0.967. The molecule has 4 nitrogen and oxygen atoms in total. The van der Waals surface area contributed by atoms with E-state index in [9.17, 15) is 0 Å². The lowest BCUT2D eigenvalue weighted by Crippen LogP contribution is -2.03. The van der Waals surface area contributed by atoms with Crippen LogP contribution in [0.15, 0.2) is 35.5 Å². The van der Waals surface area contributed by atoms with Crippen molar-refractivity contribution in [1.29, 1.82) is 0 Å². The summed E-state index contributed by atoms with van der Waals surface area (Å²) in [5, 5.41) is 7.28. The molecule has 1 heterocycles. The summed E-state index contributed by atoms with van der Waals surface area (Å²) >= 11 is 3.83. The normalized spacial score (nSPS) is 10.3. The molecule has 1 aromatic carbocycles. The number of thioether (sulfide) groups is 1. The second-order valence-electron chi connectivity index (χ2n) is 3.79. The first-order chi connectivity index (χ1) is 9.21. The zero-order chi connectivity index (χ0) is 13.7. The molecule has 0 atom stereocenters. The number of hydrogen-bond acceptors (Lipinski definition) is 5. The van der Waals surface area contributed by atoms with Crippen LogP contribution in [0.1, 0.15) is 6.92 Å². The van der Waals surface area contributed by atoms with Crippen molar-refractivity contribution in [3.63, 3.8) is 0 Å². The fraction of sp³-hybridized carbons (Fsp3) is 0.231. The van der Waals surface area contributed by atoms with E-state index >= 15 is 0 Å². The molecule has 0 saturated heterocycles. The van der Waals surface area contributed by atoms with Gasteiger partial charge in [0.2, 0.25) is 0 Å². The molecular formula is C13H15IN4S. The third-order valence-corrected chi connectivity index (χ3v) is 3.56. The van der Waals surface area contributed by atoms with E-state index in [0.29, 0.717) is 0 Å². The summed E-state index contributed by atoms with van der Waals surface area (Å²) in [5.41, 5.74) is 1.03. The number of anilines is 3. The van der Waals surface area contributed by atoms with Gasteiger partial charge in [-0.2, -0.15) is 0 Å². The Kier molecular flexibility index (Phi) is 5.26. The summed E-state index contributed by atoms with van der Waals surface area (Å²) in [6.07, 6.45) is 1.97. The molecule has 0 saturated carbocycles. The Hall–Kier alpha value is -1.02. The average molecular weight is 386 g/mol. The molecule has 2 rings (SSSR count). The molecule has 0 unspecified atom stereocenters. The maximum atomic E-state index is 4.46. The van der Waals surface area contributed by atoms with Crippen molar-refractivity contribution in [3.05, 3.63) is 33.9 Å². The summed E-state index contributed by atoms with van der Waals surface area (Å²) in [7, 11) is 0. The van der Waals surface area contributed by atoms with Crippen LogP contribution in [0.5, 0.6) is 0 Å². The summed E-state index contributed by atoms with van der Waals surface area (Å²) in [6.45, 7) is 2.89. The predicted molar refractivity (Wildman–Crippen MR) is 90.4 cm³/mol. The number of nitrogens with one attached hydrogen (secondary N) is 2. The van der Waals surface area contributed by atoms with Gasteiger partial charge in [-0.05, 0) is 54.0 Å². The molecular weight excluding hydrogens is 371 g/mol. The van der Waals surface area contributed by atoms with Crippen molar-refractivity contribution in [2.24, 2.45) is 0 Å². The third-order valence-electron chi connectivity index (χ3n) is 2.34. The topological polar surface area (TPSA) is 49.8 Å². The van der Waals surface area contributed by atoms with E-state index in [4.69, 9.17) is 0 Å². The lowest BCUT2D eigenvalue weighted by Gasteiger charge is -2.10. The molecule has 100 valence electrons. The molecule has 0 bridgehead atoms. The average Bonchev–Trinajstić information content (AvgIpc) is 2.39. The summed E-state index contributed by atoms with van der Waals surface area (Å²) in [4.78, 5) is 8.86. The maximum Gasteiger partial charge on any atom is 0.191 e. The van der Waals surface area contributed by atoms with Crippen LogP contribution in [-0.4, -0.2) is 22.8 Å². The standard InChI is InChI=1S/C13H15IN4S/c1-3-15-11-8-12(18-13(17-11)19-2)16-10-6-4-5-9(14)7-10/h4-8H,3H2,1-2H3,(H2,15,16,17,18). The predicted octanol–water partition coefficient (Wildman–Crippen LogP) is 3.98. The minimum absolute atomic E-state index is 0.756. The molecule has 6 heteroatoms. The number of rotatable bonds is 5. The fourth-order valence-electron chi connectivity index (χ4n) is 1.57. The smallest absolute Gasteiger partial charge is 0.191 e. The highest BCUT2D eigenvalue weighted by molar-refractivity contribution is 14.1. The Morgan fingerprint density at radius 2 is 2.00 bits per heavy atom. The van der Waals surface area contributed by atoms with Crippen LogP contribution < -0.4 is 10.6 Å². The quantitative estimate of drug-likeness (QED) is 0.463. The van der Waals surface area contributed by atoms with Gasteiger partial charge in [0, 0.05) is 21.9 Å². The zero-order valence-corrected chi connectivity index (χ0v) is 13.7. The van der Waals surface area contributed by atoms with Crippen molar-refractivity contribution in [2.45, 2.75) is 12.1 Å². The highest BCUT2D eigenvalue weighted by Gasteiger charge is 2.04. The van der Waals surface area contributed by atoms with Crippen LogP contribution in [0.3, 0.4) is 0 Å². The highest BCUT2D eigenvalue weighted by Crippen LogP contribution is 2.21. The molecule has 0 amide bonds. The van der Waals surface area contributed by atoms with Gasteiger partial charge in [-0.1, -0.05) is 17.8 Å². The molecule has 0 aliphatic rings. The van der Waals surface area contributed by atoms with Gasteiger partial charge in [-0.3, -0.25) is 0 Å². The number of hydrogen-bond donors (Lipinski definition) is 2. The van der Waals surface area contributed by atoms with Crippen molar-refractivity contribution >= 4 is 51.7 Å². The Bertz CT molecular complexity index is 562. The van der Waals surface area contributed by atoms with Crippen molar-refractivity contribution < 1.29 is 0 Å². The van der Waals surface area contributed by atoms with Crippen LogP contribution in [0, 0.1) is 3.57 Å². The molecule has 0 fully saturated rings. The van der Waals surface area contributed by atoms with Crippen LogP contribution in [0.2, 0.25) is 0 Å². The number of halogens is 1. The second-order valence-corrected chi connectivity index (χ2v) is 5.81. The van der Waals surface area contributed by atoms with Crippen LogP contribution >= 0.6 is 34.4 Å². The second kappa shape index (κ2) is 6.95. The number of benzene rings is 1. The first-order valence-corrected chi connectivity index (χ1v) is 8.21. The molecule has 0 spiro atoms. The summed E-state index contributed by atoms with van der Waals surface area (Å²) < 4.78 is 1.19. The van der Waals surface area contributed by atoms with Gasteiger partial charge in [-0.15, -0.1) is 0 Å². The Morgan fingerprint density at radius 1 is 1.21 bits per heavy atom. The van der Waals surface area contributed by atoms with Gasteiger partial charge < -0.3 is 10.6 Å². The maximum absolute atomic E-state index is 4.46. The molecule has 2 N–H and O–H groups in total. The highest BCUT2D eigenvalue weighted by atomic mass is 127. The van der Waals surface area contributed by atoms with E-state index < -0.39 is 0 Å². The first-order valence-electron chi connectivity index (χ1n) is 5.91. The molecule has 0 aliphatic carbocycles. The zero-order valence-electron chi connectivity index (χ0n) is 10.8. The Morgan fingerprint density at radius 3 is 2.68 bits per heavy atom. The minimum Gasteiger partial charge on any atom is -0.370 e. The van der Waals surface area contributed by atoms with Gasteiger partial charge in [0.05, 0.1) is 0 Å². The van der Waals surface area contributed by atoms with Gasteiger partial charge in [0.25, 0.3) is 0 Å². The molecule has 1 aromatic heterocycles. The summed E-state index contributed by atoms with van der Waals surface area (Å²) in [6, 6.07) is 10.1.